The summed E-state index contributed by atoms with van der Waals surface area (Å²) in [7, 11) is 0. The van der Waals surface area contributed by atoms with E-state index in [9.17, 15) is 4.79 Å². The second kappa shape index (κ2) is 7.64. The van der Waals surface area contributed by atoms with Crippen LogP contribution in [0.5, 0.6) is 0 Å². The molecule has 4 aromatic rings. The van der Waals surface area contributed by atoms with Crippen LogP contribution in [0, 0.1) is 6.92 Å². The summed E-state index contributed by atoms with van der Waals surface area (Å²) in [5.41, 5.74) is 2.40. The smallest absolute Gasteiger partial charge is 0.252 e. The number of fused-ring (bicyclic) bond motifs is 2. The summed E-state index contributed by atoms with van der Waals surface area (Å²) in [5, 5.41) is 8.69. The monoisotopic (exact) mass is 489 g/mol. The van der Waals surface area contributed by atoms with Crippen LogP contribution in [-0.4, -0.2) is 21.8 Å². The van der Waals surface area contributed by atoms with Crippen LogP contribution in [-0.2, 0) is 9.53 Å². The molecular weight excluding hydrogens is 477 g/mol. The van der Waals surface area contributed by atoms with Gasteiger partial charge in [0.25, 0.3) is 5.90 Å². The Kier molecular flexibility index (Phi) is 5.06. The summed E-state index contributed by atoms with van der Waals surface area (Å²) >= 11 is 20.6. The highest BCUT2D eigenvalue weighted by Gasteiger charge is 2.36. The number of hydrazone groups is 1. The summed E-state index contributed by atoms with van der Waals surface area (Å²) in [6.07, 6.45) is -0.845. The number of hydrogen-bond acceptors (Lipinski definition) is 5. The molecule has 1 unspecified atom stereocenters. The normalized spacial score (nSPS) is 16.1. The molecule has 9 heteroatoms. The van der Waals surface area contributed by atoms with E-state index in [0.717, 1.165) is 26.6 Å². The number of pyridine rings is 1. The molecule has 31 heavy (non-hydrogen) atoms. The lowest BCUT2D eigenvalue weighted by molar-refractivity contribution is -0.135. The molecule has 156 valence electrons. The Balaban J connectivity index is 1.60. The second-order valence-corrected chi connectivity index (χ2v) is 9.41. The third kappa shape index (κ3) is 3.53. The van der Waals surface area contributed by atoms with Gasteiger partial charge in [-0.1, -0.05) is 46.4 Å². The maximum Gasteiger partial charge on any atom is 0.252 e. The van der Waals surface area contributed by atoms with Crippen LogP contribution in [0.15, 0.2) is 47.6 Å². The van der Waals surface area contributed by atoms with Crippen LogP contribution in [0.2, 0.25) is 15.2 Å². The molecule has 0 spiro atoms. The van der Waals surface area contributed by atoms with E-state index in [2.05, 4.69) is 10.1 Å². The highest BCUT2D eigenvalue weighted by molar-refractivity contribution is 7.21. The van der Waals surface area contributed by atoms with Crippen LogP contribution in [0.1, 0.15) is 29.2 Å². The zero-order valence-electron chi connectivity index (χ0n) is 16.3. The average molecular weight is 491 g/mol. The van der Waals surface area contributed by atoms with Crippen molar-refractivity contribution in [1.29, 1.82) is 0 Å². The zero-order chi connectivity index (χ0) is 21.9. The fraction of sp³-hybridized carbons (Fsp3) is 0.136. The van der Waals surface area contributed by atoms with Gasteiger partial charge >= 0.3 is 0 Å². The summed E-state index contributed by atoms with van der Waals surface area (Å²) in [4.78, 5) is 17.5. The zero-order valence-corrected chi connectivity index (χ0v) is 19.4. The van der Waals surface area contributed by atoms with Crippen molar-refractivity contribution in [3.05, 3.63) is 73.7 Å². The number of carbonyl (C=O) groups is 1. The standard InChI is InChI=1S/C22H14Cl3N3O2S/c1-10-3-5-16-12(7-10)8-15(20(25)26-16)22-28(11(2)29)27-21(30-22)19-18(24)14-9-13(23)4-6-17(14)31-19/h3-9,22H,1-2H3. The van der Waals surface area contributed by atoms with Gasteiger partial charge in [-0.3, -0.25) is 4.79 Å². The van der Waals surface area contributed by atoms with E-state index in [1.807, 2.05) is 37.3 Å². The minimum atomic E-state index is -0.845. The van der Waals surface area contributed by atoms with Crippen LogP contribution in [0.25, 0.3) is 21.0 Å². The third-order valence-corrected chi connectivity index (χ3v) is 7.17. The lowest BCUT2D eigenvalue weighted by Crippen LogP contribution is -2.25. The number of thiophene rings is 1. The number of amides is 1. The van der Waals surface area contributed by atoms with Gasteiger partial charge in [-0.25, -0.2) is 4.98 Å². The van der Waals surface area contributed by atoms with Gasteiger partial charge in [-0.15, -0.1) is 16.4 Å². The molecule has 1 atom stereocenters. The van der Waals surface area contributed by atoms with Crippen LogP contribution < -0.4 is 0 Å². The number of aryl methyl sites for hydroxylation is 1. The predicted molar refractivity (Wildman–Crippen MR) is 126 cm³/mol. The van der Waals surface area contributed by atoms with Gasteiger partial charge in [0.15, 0.2) is 0 Å². The first-order valence-electron chi connectivity index (χ1n) is 9.31. The van der Waals surface area contributed by atoms with Gasteiger partial charge in [0, 0.05) is 27.4 Å². The molecule has 2 aromatic heterocycles. The molecule has 0 bridgehead atoms. The molecule has 3 heterocycles. The van der Waals surface area contributed by atoms with E-state index in [4.69, 9.17) is 39.5 Å². The molecule has 0 saturated heterocycles. The summed E-state index contributed by atoms with van der Waals surface area (Å²) in [6.45, 7) is 3.42. The number of rotatable bonds is 2. The number of hydrogen-bond donors (Lipinski definition) is 0. The first kappa shape index (κ1) is 20.5. The maximum absolute atomic E-state index is 12.4. The third-order valence-electron chi connectivity index (χ3n) is 4.97. The van der Waals surface area contributed by atoms with Crippen LogP contribution in [0.3, 0.4) is 0 Å². The number of ether oxygens (including phenoxy) is 1. The number of halogens is 3. The van der Waals surface area contributed by atoms with E-state index in [-0.39, 0.29) is 17.0 Å². The van der Waals surface area contributed by atoms with Crippen molar-refractivity contribution in [3.8, 4) is 0 Å². The summed E-state index contributed by atoms with van der Waals surface area (Å²) < 4.78 is 7.07. The van der Waals surface area contributed by atoms with Gasteiger partial charge < -0.3 is 4.74 Å². The Hall–Kier alpha value is -2.38. The second-order valence-electron chi connectivity index (χ2n) is 7.19. The molecule has 0 N–H and O–H groups in total. The molecule has 1 amide bonds. The SMILES string of the molecule is CC(=O)N1N=C(c2sc3ccc(Cl)cc3c2Cl)OC1c1cc2cc(C)ccc2nc1Cl. The molecule has 0 saturated carbocycles. The average Bonchev–Trinajstić information content (AvgIpc) is 3.30. The first-order chi connectivity index (χ1) is 14.8. The lowest BCUT2D eigenvalue weighted by atomic mass is 10.1. The molecule has 1 aliphatic heterocycles. The highest BCUT2D eigenvalue weighted by atomic mass is 35.5. The van der Waals surface area contributed by atoms with Crippen molar-refractivity contribution in [2.24, 2.45) is 5.10 Å². The van der Waals surface area contributed by atoms with Crippen molar-refractivity contribution in [1.82, 2.24) is 9.99 Å². The molecule has 0 radical (unpaired) electrons. The fourth-order valence-corrected chi connectivity index (χ4v) is 5.32. The van der Waals surface area contributed by atoms with Crippen LogP contribution in [0.4, 0.5) is 0 Å². The Morgan fingerprint density at radius 2 is 1.94 bits per heavy atom. The molecule has 0 aliphatic carbocycles. The van der Waals surface area contributed by atoms with Crippen molar-refractivity contribution in [2.45, 2.75) is 20.1 Å². The van der Waals surface area contributed by atoms with Gasteiger partial charge in [0.1, 0.15) is 10.0 Å². The fourth-order valence-electron chi connectivity index (χ4n) is 3.50. The van der Waals surface area contributed by atoms with Crippen molar-refractivity contribution in [2.75, 3.05) is 0 Å². The molecule has 2 aromatic carbocycles. The Labute approximate surface area is 196 Å². The Bertz CT molecular complexity index is 1420. The minimum Gasteiger partial charge on any atom is -0.445 e. The summed E-state index contributed by atoms with van der Waals surface area (Å²) in [5.74, 6) is -0.0383. The van der Waals surface area contributed by atoms with Crippen LogP contribution >= 0.6 is 46.1 Å². The van der Waals surface area contributed by atoms with Gasteiger partial charge in [-0.05, 0) is 43.3 Å². The quantitative estimate of drug-likeness (QED) is 0.285. The molecule has 0 fully saturated rings. The van der Waals surface area contributed by atoms with E-state index >= 15 is 0 Å². The van der Waals surface area contributed by atoms with Crippen molar-refractivity contribution in [3.63, 3.8) is 0 Å². The van der Waals surface area contributed by atoms with Gasteiger partial charge in [0.2, 0.25) is 12.1 Å². The number of nitrogens with zero attached hydrogens (tertiary/aromatic N) is 3. The van der Waals surface area contributed by atoms with E-state index in [1.165, 1.54) is 23.3 Å². The number of aromatic nitrogens is 1. The molecular formula is C22H14Cl3N3O2S. The van der Waals surface area contributed by atoms with E-state index in [1.54, 1.807) is 12.1 Å². The van der Waals surface area contributed by atoms with Gasteiger partial charge in [0.05, 0.1) is 16.1 Å². The van der Waals surface area contributed by atoms with Crippen molar-refractivity contribution < 1.29 is 9.53 Å². The number of benzene rings is 2. The van der Waals surface area contributed by atoms with E-state index in [0.29, 0.717) is 20.5 Å². The summed E-state index contributed by atoms with van der Waals surface area (Å²) in [6, 6.07) is 13.2. The largest absolute Gasteiger partial charge is 0.445 e. The lowest BCUT2D eigenvalue weighted by Gasteiger charge is -2.20. The Morgan fingerprint density at radius 1 is 1.13 bits per heavy atom. The maximum atomic E-state index is 12.4. The molecule has 5 nitrogen and oxygen atoms in total. The van der Waals surface area contributed by atoms with Gasteiger partial charge in [-0.2, -0.15) is 5.01 Å². The first-order valence-corrected chi connectivity index (χ1v) is 11.3. The Morgan fingerprint density at radius 3 is 2.71 bits per heavy atom. The number of carbonyl (C=O) groups excluding carboxylic acids is 1. The molecule has 1 aliphatic rings. The topological polar surface area (TPSA) is 54.8 Å². The predicted octanol–water partition coefficient (Wildman–Crippen LogP) is 6.96. The highest BCUT2D eigenvalue weighted by Crippen LogP contribution is 2.41. The molecule has 5 rings (SSSR count). The minimum absolute atomic E-state index is 0.248. The van der Waals surface area contributed by atoms with E-state index < -0.39 is 6.23 Å². The van der Waals surface area contributed by atoms with Crippen molar-refractivity contribution >= 4 is 78.9 Å².